The maximum absolute atomic E-state index is 3.79. The molecule has 0 spiro atoms. The third kappa shape index (κ3) is 2.83. The average Bonchev–Trinajstić information content (AvgIpc) is 2.89. The lowest BCUT2D eigenvalue weighted by Crippen LogP contribution is -2.29. The summed E-state index contributed by atoms with van der Waals surface area (Å²) in [6.07, 6.45) is 2.68. The van der Waals surface area contributed by atoms with Gasteiger partial charge in [-0.1, -0.05) is 18.2 Å². The molecule has 1 fully saturated rings. The summed E-state index contributed by atoms with van der Waals surface area (Å²) in [5, 5.41) is 3.79. The number of hydrogen-bond donors (Lipinski definition) is 1. The maximum atomic E-state index is 3.79. The molecule has 0 saturated carbocycles. The summed E-state index contributed by atoms with van der Waals surface area (Å²) in [5.41, 5.74) is 1.52. The Hall–Kier alpha value is -0.120. The summed E-state index contributed by atoms with van der Waals surface area (Å²) in [6.45, 7) is 1.21. The molecule has 17 heavy (non-hydrogen) atoms. The average molecular weight is 265 g/mol. The first-order valence-corrected chi connectivity index (χ1v) is 8.60. The van der Waals surface area contributed by atoms with Gasteiger partial charge >= 0.3 is 0 Å². The summed E-state index contributed by atoms with van der Waals surface area (Å²) >= 11 is 4.12. The van der Waals surface area contributed by atoms with E-state index in [1.54, 1.807) is 0 Å². The van der Waals surface area contributed by atoms with E-state index in [4.69, 9.17) is 0 Å². The predicted octanol–water partition coefficient (Wildman–Crippen LogP) is 3.57. The molecular formula is C14H19NS2. The summed E-state index contributed by atoms with van der Waals surface area (Å²) in [4.78, 5) is 1.48. The maximum Gasteiger partial charge on any atom is 0.0339 e. The Bertz CT molecular complexity index is 374. The zero-order valence-corrected chi connectivity index (χ0v) is 11.7. The number of nitrogens with one attached hydrogen (secondary N) is 1. The molecule has 1 N–H and O–H groups in total. The molecule has 2 unspecified atom stereocenters. The summed E-state index contributed by atoms with van der Waals surface area (Å²) in [5.74, 6) is 4.88. The van der Waals surface area contributed by atoms with Crippen LogP contribution in [0.4, 0.5) is 0 Å². The molecule has 0 aliphatic carbocycles. The smallest absolute Gasteiger partial charge is 0.0339 e. The molecule has 2 aliphatic rings. The minimum Gasteiger partial charge on any atom is -0.310 e. The van der Waals surface area contributed by atoms with Crippen molar-refractivity contribution in [1.82, 2.24) is 5.32 Å². The Balaban J connectivity index is 1.64. The number of benzene rings is 1. The van der Waals surface area contributed by atoms with Crippen LogP contribution in [0.2, 0.25) is 0 Å². The molecule has 3 rings (SSSR count). The zero-order chi connectivity index (χ0) is 11.5. The van der Waals surface area contributed by atoms with Gasteiger partial charge in [0.05, 0.1) is 0 Å². The van der Waals surface area contributed by atoms with E-state index in [0.29, 0.717) is 6.04 Å². The molecule has 3 heteroatoms. The molecule has 0 amide bonds. The van der Waals surface area contributed by atoms with Gasteiger partial charge < -0.3 is 5.32 Å². The third-order valence-electron chi connectivity index (χ3n) is 3.64. The van der Waals surface area contributed by atoms with E-state index in [0.717, 1.165) is 5.92 Å². The minimum atomic E-state index is 0.595. The molecule has 0 aromatic heterocycles. The van der Waals surface area contributed by atoms with Gasteiger partial charge in [0.1, 0.15) is 0 Å². The van der Waals surface area contributed by atoms with Crippen LogP contribution in [0, 0.1) is 5.92 Å². The second-order valence-electron chi connectivity index (χ2n) is 4.87. The lowest BCUT2D eigenvalue weighted by Gasteiger charge is -2.27. The summed E-state index contributed by atoms with van der Waals surface area (Å²) in [7, 11) is 0. The fourth-order valence-corrected chi connectivity index (χ4v) is 5.02. The largest absolute Gasteiger partial charge is 0.310 e. The van der Waals surface area contributed by atoms with Crippen LogP contribution >= 0.6 is 23.5 Å². The second-order valence-corrected chi connectivity index (χ2v) is 7.15. The van der Waals surface area contributed by atoms with Crippen LogP contribution in [-0.4, -0.2) is 23.8 Å². The van der Waals surface area contributed by atoms with Crippen molar-refractivity contribution in [2.24, 2.45) is 5.92 Å². The third-order valence-corrected chi connectivity index (χ3v) is 5.99. The van der Waals surface area contributed by atoms with Crippen LogP contribution < -0.4 is 5.32 Å². The number of fused-ring (bicyclic) bond motifs is 1. The molecular weight excluding hydrogens is 246 g/mol. The highest BCUT2D eigenvalue weighted by atomic mass is 32.2. The van der Waals surface area contributed by atoms with Crippen LogP contribution in [0.1, 0.15) is 24.4 Å². The van der Waals surface area contributed by atoms with Crippen molar-refractivity contribution in [3.63, 3.8) is 0 Å². The van der Waals surface area contributed by atoms with E-state index < -0.39 is 0 Å². The molecule has 0 radical (unpaired) electrons. The van der Waals surface area contributed by atoms with Gasteiger partial charge in [0.2, 0.25) is 0 Å². The fourth-order valence-electron chi connectivity index (χ4n) is 2.61. The quantitative estimate of drug-likeness (QED) is 0.897. The Labute approximate surface area is 112 Å². The highest BCUT2D eigenvalue weighted by Gasteiger charge is 2.22. The Morgan fingerprint density at radius 1 is 1.18 bits per heavy atom. The minimum absolute atomic E-state index is 0.595. The van der Waals surface area contributed by atoms with Crippen molar-refractivity contribution in [2.75, 3.05) is 23.8 Å². The molecule has 2 heterocycles. The van der Waals surface area contributed by atoms with Gasteiger partial charge in [-0.25, -0.2) is 0 Å². The predicted molar refractivity (Wildman–Crippen MR) is 78.0 cm³/mol. The Morgan fingerprint density at radius 3 is 3.00 bits per heavy atom. The molecule has 1 aromatic rings. The van der Waals surface area contributed by atoms with Gasteiger partial charge in [0, 0.05) is 10.9 Å². The molecule has 1 aromatic carbocycles. The van der Waals surface area contributed by atoms with Gasteiger partial charge in [-0.3, -0.25) is 0 Å². The standard InChI is InChI=1S/C14H19NS2/c1-2-4-14-12(3-1)13(6-8-17-14)15-9-11-5-7-16-10-11/h1-4,11,13,15H,5-10H2. The number of rotatable bonds is 3. The Kier molecular flexibility index (Phi) is 3.99. The van der Waals surface area contributed by atoms with E-state index in [2.05, 4.69) is 41.3 Å². The summed E-state index contributed by atoms with van der Waals surface area (Å²) < 4.78 is 0. The normalized spacial score (nSPS) is 28.0. The summed E-state index contributed by atoms with van der Waals surface area (Å²) in [6, 6.07) is 9.48. The van der Waals surface area contributed by atoms with Crippen LogP contribution in [0.5, 0.6) is 0 Å². The van der Waals surface area contributed by atoms with Gasteiger partial charge in [0.25, 0.3) is 0 Å². The fraction of sp³-hybridized carbons (Fsp3) is 0.571. The first-order valence-electron chi connectivity index (χ1n) is 6.46. The first-order chi connectivity index (χ1) is 8.43. The SMILES string of the molecule is c1ccc2c(c1)SCCC2NCC1CCSC1. The van der Waals surface area contributed by atoms with Crippen molar-refractivity contribution < 1.29 is 0 Å². The Morgan fingerprint density at radius 2 is 2.12 bits per heavy atom. The molecule has 1 saturated heterocycles. The van der Waals surface area contributed by atoms with Crippen LogP contribution in [0.15, 0.2) is 29.2 Å². The van der Waals surface area contributed by atoms with Crippen molar-refractivity contribution in [3.05, 3.63) is 29.8 Å². The number of thioether (sulfide) groups is 2. The number of hydrogen-bond acceptors (Lipinski definition) is 3. The monoisotopic (exact) mass is 265 g/mol. The van der Waals surface area contributed by atoms with Gasteiger partial charge in [-0.15, -0.1) is 11.8 Å². The first kappa shape index (κ1) is 11.9. The van der Waals surface area contributed by atoms with Crippen molar-refractivity contribution >= 4 is 23.5 Å². The van der Waals surface area contributed by atoms with E-state index in [9.17, 15) is 0 Å². The van der Waals surface area contributed by atoms with E-state index >= 15 is 0 Å². The molecule has 92 valence electrons. The van der Waals surface area contributed by atoms with Crippen LogP contribution in [0.3, 0.4) is 0 Å². The molecule has 2 aliphatic heterocycles. The van der Waals surface area contributed by atoms with Crippen molar-refractivity contribution in [2.45, 2.75) is 23.8 Å². The molecule has 2 atom stereocenters. The van der Waals surface area contributed by atoms with Gasteiger partial charge in [-0.05, 0) is 54.2 Å². The van der Waals surface area contributed by atoms with E-state index in [-0.39, 0.29) is 0 Å². The highest BCUT2D eigenvalue weighted by Crippen LogP contribution is 2.36. The van der Waals surface area contributed by atoms with Gasteiger partial charge in [-0.2, -0.15) is 11.8 Å². The van der Waals surface area contributed by atoms with Gasteiger partial charge in [0.15, 0.2) is 0 Å². The molecule has 1 nitrogen and oxygen atoms in total. The van der Waals surface area contributed by atoms with Crippen LogP contribution in [-0.2, 0) is 0 Å². The van der Waals surface area contributed by atoms with Crippen molar-refractivity contribution in [1.29, 1.82) is 0 Å². The van der Waals surface area contributed by atoms with Crippen molar-refractivity contribution in [3.8, 4) is 0 Å². The topological polar surface area (TPSA) is 12.0 Å². The zero-order valence-electron chi connectivity index (χ0n) is 10.0. The lowest BCUT2D eigenvalue weighted by molar-refractivity contribution is 0.446. The second kappa shape index (κ2) is 5.68. The molecule has 0 bridgehead atoms. The lowest BCUT2D eigenvalue weighted by atomic mass is 10.0. The van der Waals surface area contributed by atoms with E-state index in [1.807, 2.05) is 11.8 Å². The highest BCUT2D eigenvalue weighted by molar-refractivity contribution is 7.99. The van der Waals surface area contributed by atoms with E-state index in [1.165, 1.54) is 47.1 Å². The van der Waals surface area contributed by atoms with Crippen LogP contribution in [0.25, 0.3) is 0 Å².